The fourth-order valence-corrected chi connectivity index (χ4v) is 4.39. The molecule has 4 aromatic rings. The minimum atomic E-state index is -0.550. The third kappa shape index (κ3) is 2.84. The van der Waals surface area contributed by atoms with Gasteiger partial charge in [-0.2, -0.15) is 5.10 Å². The van der Waals surface area contributed by atoms with Crippen LogP contribution in [0, 0.1) is 0 Å². The molecule has 1 amide bonds. The fraction of sp³-hybridized carbons (Fsp3) is 0.208. The first kappa shape index (κ1) is 18.4. The summed E-state index contributed by atoms with van der Waals surface area (Å²) in [4.78, 5) is 19.5. The van der Waals surface area contributed by atoms with Crippen LogP contribution in [0.25, 0.3) is 16.7 Å². The lowest BCUT2D eigenvalue weighted by atomic mass is 9.96. The van der Waals surface area contributed by atoms with Crippen LogP contribution in [0.2, 0.25) is 0 Å². The number of nitrogens with zero attached hydrogens (tertiary/aromatic N) is 4. The Morgan fingerprint density at radius 1 is 1.03 bits per heavy atom. The van der Waals surface area contributed by atoms with Gasteiger partial charge in [-0.1, -0.05) is 30.3 Å². The first-order valence-electron chi connectivity index (χ1n) is 10.1. The van der Waals surface area contributed by atoms with Crippen molar-refractivity contribution in [1.82, 2.24) is 20.1 Å². The maximum Gasteiger partial charge on any atom is 0.255 e. The number of amides is 1. The molecule has 0 saturated heterocycles. The maximum atomic E-state index is 12.8. The van der Waals surface area contributed by atoms with E-state index < -0.39 is 5.66 Å². The predicted molar refractivity (Wildman–Crippen MR) is 118 cm³/mol. The second-order valence-electron chi connectivity index (χ2n) is 8.14. The summed E-state index contributed by atoms with van der Waals surface area (Å²) >= 11 is 0. The number of carbonyl (C=O) groups excluding carboxylic acids is 1. The van der Waals surface area contributed by atoms with Gasteiger partial charge >= 0.3 is 0 Å². The average Bonchev–Trinajstić information content (AvgIpc) is 3.17. The molecule has 2 aromatic carbocycles. The number of anilines is 1. The molecule has 0 radical (unpaired) electrons. The lowest BCUT2D eigenvalue weighted by Gasteiger charge is -2.48. The van der Waals surface area contributed by atoms with E-state index in [4.69, 9.17) is 0 Å². The molecule has 6 nitrogen and oxygen atoms in total. The van der Waals surface area contributed by atoms with Crippen molar-refractivity contribution in [3.8, 4) is 5.69 Å². The molecular formula is C24H23N5O. The Hall–Kier alpha value is -3.67. The van der Waals surface area contributed by atoms with E-state index in [0.29, 0.717) is 5.56 Å². The third-order valence-corrected chi connectivity index (χ3v) is 5.76. The Morgan fingerprint density at radius 2 is 1.83 bits per heavy atom. The highest BCUT2D eigenvalue weighted by Crippen LogP contribution is 2.39. The summed E-state index contributed by atoms with van der Waals surface area (Å²) in [5, 5.41) is 7.68. The van der Waals surface area contributed by atoms with Gasteiger partial charge in [0.2, 0.25) is 0 Å². The van der Waals surface area contributed by atoms with Crippen LogP contribution in [-0.2, 0) is 0 Å². The minimum Gasteiger partial charge on any atom is -0.342 e. The van der Waals surface area contributed by atoms with Crippen LogP contribution in [0.4, 0.5) is 5.69 Å². The first-order valence-corrected chi connectivity index (χ1v) is 10.1. The van der Waals surface area contributed by atoms with Crippen molar-refractivity contribution in [2.75, 3.05) is 4.90 Å². The molecule has 0 spiro atoms. The summed E-state index contributed by atoms with van der Waals surface area (Å²) in [6.07, 6.45) is 3.52. The second-order valence-corrected chi connectivity index (χ2v) is 8.14. The molecule has 2 aromatic heterocycles. The van der Waals surface area contributed by atoms with Crippen LogP contribution in [0.5, 0.6) is 0 Å². The topological polar surface area (TPSA) is 63.1 Å². The van der Waals surface area contributed by atoms with Crippen molar-refractivity contribution < 1.29 is 4.79 Å². The Balaban J connectivity index is 1.68. The van der Waals surface area contributed by atoms with E-state index in [1.165, 1.54) is 5.56 Å². The van der Waals surface area contributed by atoms with E-state index in [-0.39, 0.29) is 11.9 Å². The molecule has 0 unspecified atom stereocenters. The van der Waals surface area contributed by atoms with Gasteiger partial charge in [0.25, 0.3) is 5.91 Å². The highest BCUT2D eigenvalue weighted by atomic mass is 16.2. The molecule has 30 heavy (non-hydrogen) atoms. The fourth-order valence-electron chi connectivity index (χ4n) is 4.39. The van der Waals surface area contributed by atoms with Gasteiger partial charge in [0.05, 0.1) is 34.7 Å². The number of pyridine rings is 1. The Bertz CT molecular complexity index is 1240. The van der Waals surface area contributed by atoms with Gasteiger partial charge in [0, 0.05) is 6.20 Å². The van der Waals surface area contributed by atoms with Crippen LogP contribution < -0.4 is 10.2 Å². The molecule has 1 aliphatic rings. The molecule has 1 N–H and O–H groups in total. The zero-order valence-electron chi connectivity index (χ0n) is 17.2. The molecule has 0 aliphatic carbocycles. The van der Waals surface area contributed by atoms with E-state index in [2.05, 4.69) is 45.4 Å². The summed E-state index contributed by atoms with van der Waals surface area (Å²) in [5.74, 6) is -0.0648. The Kier molecular flexibility index (Phi) is 4.10. The molecule has 0 fully saturated rings. The number of aromatic nitrogens is 3. The highest BCUT2D eigenvalue weighted by Gasteiger charge is 2.39. The summed E-state index contributed by atoms with van der Waals surface area (Å²) < 4.78 is 1.87. The molecule has 0 bridgehead atoms. The van der Waals surface area contributed by atoms with E-state index in [1.54, 1.807) is 12.4 Å². The highest BCUT2D eigenvalue weighted by molar-refractivity contribution is 6.03. The van der Waals surface area contributed by atoms with Crippen molar-refractivity contribution in [3.63, 3.8) is 0 Å². The molecule has 3 heterocycles. The lowest BCUT2D eigenvalue weighted by molar-refractivity contribution is 0.0893. The van der Waals surface area contributed by atoms with Gasteiger partial charge in [-0.3, -0.25) is 9.78 Å². The Morgan fingerprint density at radius 3 is 2.63 bits per heavy atom. The van der Waals surface area contributed by atoms with Gasteiger partial charge in [-0.05, 0) is 56.7 Å². The van der Waals surface area contributed by atoms with Gasteiger partial charge < -0.3 is 10.2 Å². The lowest BCUT2D eigenvalue weighted by Crippen LogP contribution is -2.61. The van der Waals surface area contributed by atoms with E-state index >= 15 is 0 Å². The van der Waals surface area contributed by atoms with Crippen molar-refractivity contribution >= 4 is 22.6 Å². The van der Waals surface area contributed by atoms with Crippen molar-refractivity contribution in [1.29, 1.82) is 0 Å². The summed E-state index contributed by atoms with van der Waals surface area (Å²) in [6, 6.07) is 20.2. The van der Waals surface area contributed by atoms with E-state index in [0.717, 1.165) is 22.4 Å². The molecular weight excluding hydrogens is 374 g/mol. The molecule has 1 atom stereocenters. The summed E-state index contributed by atoms with van der Waals surface area (Å²) in [7, 11) is 0. The number of fused-ring (bicyclic) bond motifs is 2. The number of rotatable bonds is 3. The van der Waals surface area contributed by atoms with Gasteiger partial charge in [0.15, 0.2) is 0 Å². The number of hydrogen-bond acceptors (Lipinski definition) is 4. The van der Waals surface area contributed by atoms with Crippen molar-refractivity contribution in [2.45, 2.75) is 32.5 Å². The predicted octanol–water partition coefficient (Wildman–Crippen LogP) is 4.47. The summed E-state index contributed by atoms with van der Waals surface area (Å²) in [5.41, 5.74) is 4.86. The third-order valence-electron chi connectivity index (χ3n) is 5.76. The summed E-state index contributed by atoms with van der Waals surface area (Å²) in [6.45, 7) is 6.23. The molecule has 5 rings (SSSR count). The van der Waals surface area contributed by atoms with Crippen LogP contribution in [0.1, 0.15) is 42.7 Å². The molecule has 0 saturated carbocycles. The molecule has 1 aliphatic heterocycles. The Labute approximate surface area is 175 Å². The quantitative estimate of drug-likeness (QED) is 0.554. The maximum absolute atomic E-state index is 12.8. The largest absolute Gasteiger partial charge is 0.342 e. The molecule has 150 valence electrons. The SMILES string of the molecule is C[C@H](c1ccccc1)N1c2cc(-n3ncc4ncccc43)ccc2C(=O)NC1(C)C. The minimum absolute atomic E-state index is 0.0619. The van der Waals surface area contributed by atoms with E-state index in [1.807, 2.05) is 61.0 Å². The zero-order valence-corrected chi connectivity index (χ0v) is 17.2. The smallest absolute Gasteiger partial charge is 0.255 e. The van der Waals surface area contributed by atoms with Gasteiger partial charge in [-0.25, -0.2) is 4.68 Å². The number of hydrogen-bond donors (Lipinski definition) is 1. The first-order chi connectivity index (χ1) is 14.5. The second kappa shape index (κ2) is 6.69. The number of nitrogens with one attached hydrogen (secondary N) is 1. The van der Waals surface area contributed by atoms with E-state index in [9.17, 15) is 4.79 Å². The standard InChI is InChI=1S/C24H23N5O/c1-16(17-8-5-4-6-9-17)28-22-14-18(11-12-19(22)23(30)27-24(28,2)3)29-21-10-7-13-25-20(21)15-26-29/h4-16H,1-3H3,(H,27,30)/t16-/m1/s1. The zero-order chi connectivity index (χ0) is 20.9. The average molecular weight is 397 g/mol. The number of benzene rings is 2. The van der Waals surface area contributed by atoms with Gasteiger partial charge in [-0.15, -0.1) is 0 Å². The van der Waals surface area contributed by atoms with Crippen LogP contribution >= 0.6 is 0 Å². The monoisotopic (exact) mass is 397 g/mol. The van der Waals surface area contributed by atoms with Crippen LogP contribution in [0.15, 0.2) is 73.1 Å². The number of carbonyl (C=O) groups is 1. The van der Waals surface area contributed by atoms with Crippen LogP contribution in [0.3, 0.4) is 0 Å². The van der Waals surface area contributed by atoms with Crippen molar-refractivity contribution in [3.05, 3.63) is 84.2 Å². The van der Waals surface area contributed by atoms with Gasteiger partial charge in [0.1, 0.15) is 11.2 Å². The van der Waals surface area contributed by atoms with Crippen LogP contribution in [-0.4, -0.2) is 26.3 Å². The normalized spacial score (nSPS) is 16.2. The molecule has 6 heteroatoms. The van der Waals surface area contributed by atoms with Crippen molar-refractivity contribution in [2.24, 2.45) is 0 Å².